The van der Waals surface area contributed by atoms with E-state index in [1.807, 2.05) is 12.4 Å². The molecule has 0 saturated carbocycles. The summed E-state index contributed by atoms with van der Waals surface area (Å²) in [6.45, 7) is 5.70. The monoisotopic (exact) mass is 334 g/mol. The Morgan fingerprint density at radius 1 is 1.20 bits per heavy atom. The molecule has 1 aliphatic rings. The zero-order chi connectivity index (χ0) is 17.2. The molecular weight excluding hydrogens is 308 g/mol. The van der Waals surface area contributed by atoms with Crippen LogP contribution in [0.25, 0.3) is 11.0 Å². The van der Waals surface area contributed by atoms with Crippen LogP contribution in [0.1, 0.15) is 18.9 Å². The summed E-state index contributed by atoms with van der Waals surface area (Å²) >= 11 is 0. The third-order valence-corrected chi connectivity index (χ3v) is 5.57. The number of fused-ring (bicyclic) bond motifs is 1. The van der Waals surface area contributed by atoms with Gasteiger partial charge in [0.1, 0.15) is 5.65 Å². The smallest absolute Gasteiger partial charge is 0.139 e. The van der Waals surface area contributed by atoms with Gasteiger partial charge in [0.15, 0.2) is 0 Å². The Kier molecular flexibility index (Phi) is 4.45. The second kappa shape index (κ2) is 6.89. The Labute approximate surface area is 149 Å². The normalized spacial score (nSPS) is 21.5. The second-order valence-electron chi connectivity index (χ2n) is 7.23. The summed E-state index contributed by atoms with van der Waals surface area (Å²) in [7, 11) is 2.23. The van der Waals surface area contributed by atoms with Gasteiger partial charge >= 0.3 is 0 Å². The van der Waals surface area contributed by atoms with Crippen LogP contribution in [-0.2, 0) is 6.54 Å². The van der Waals surface area contributed by atoms with Gasteiger partial charge in [0.05, 0.1) is 0 Å². The SMILES string of the molecule is C[C@@H]1CCN(Cc2ccccc2)CC1N(C)c1ccnc2[nH]ccc12. The highest BCUT2D eigenvalue weighted by molar-refractivity contribution is 5.89. The summed E-state index contributed by atoms with van der Waals surface area (Å²) in [6.07, 6.45) is 5.12. The summed E-state index contributed by atoms with van der Waals surface area (Å²) < 4.78 is 0. The van der Waals surface area contributed by atoms with Gasteiger partial charge in [0.25, 0.3) is 0 Å². The van der Waals surface area contributed by atoms with Crippen molar-refractivity contribution in [2.24, 2.45) is 5.92 Å². The van der Waals surface area contributed by atoms with Gasteiger partial charge in [0.2, 0.25) is 0 Å². The van der Waals surface area contributed by atoms with E-state index in [1.54, 1.807) is 0 Å². The second-order valence-corrected chi connectivity index (χ2v) is 7.23. The van der Waals surface area contributed by atoms with Crippen LogP contribution >= 0.6 is 0 Å². The van der Waals surface area contributed by atoms with Gasteiger partial charge in [-0.3, -0.25) is 4.90 Å². The lowest BCUT2D eigenvalue weighted by Crippen LogP contribution is -2.50. The molecule has 1 fully saturated rings. The molecular formula is C21H26N4. The van der Waals surface area contributed by atoms with Crippen molar-refractivity contribution in [3.05, 3.63) is 60.4 Å². The van der Waals surface area contributed by atoms with Crippen LogP contribution in [0.2, 0.25) is 0 Å². The van der Waals surface area contributed by atoms with Crippen molar-refractivity contribution in [3.63, 3.8) is 0 Å². The molecule has 130 valence electrons. The third kappa shape index (κ3) is 3.27. The molecule has 2 atom stereocenters. The number of aromatic amines is 1. The number of nitrogens with zero attached hydrogens (tertiary/aromatic N) is 3. The number of rotatable bonds is 4. The average molecular weight is 334 g/mol. The van der Waals surface area contributed by atoms with E-state index in [2.05, 4.69) is 76.2 Å². The zero-order valence-corrected chi connectivity index (χ0v) is 15.0. The largest absolute Gasteiger partial charge is 0.369 e. The maximum atomic E-state index is 4.43. The van der Waals surface area contributed by atoms with Crippen molar-refractivity contribution in [2.75, 3.05) is 25.0 Å². The van der Waals surface area contributed by atoms with E-state index in [4.69, 9.17) is 0 Å². The molecule has 3 heterocycles. The minimum absolute atomic E-state index is 0.512. The molecule has 1 N–H and O–H groups in total. The van der Waals surface area contributed by atoms with Crippen molar-refractivity contribution in [2.45, 2.75) is 25.9 Å². The first-order valence-corrected chi connectivity index (χ1v) is 9.13. The molecule has 0 aliphatic carbocycles. The van der Waals surface area contributed by atoms with E-state index < -0.39 is 0 Å². The number of pyridine rings is 1. The summed E-state index contributed by atoms with van der Waals surface area (Å²) in [5, 5.41) is 1.21. The van der Waals surface area contributed by atoms with Crippen LogP contribution < -0.4 is 4.90 Å². The number of aromatic nitrogens is 2. The first-order chi connectivity index (χ1) is 12.2. The molecule has 1 aromatic carbocycles. The van der Waals surface area contributed by atoms with Crippen LogP contribution in [0, 0.1) is 5.92 Å². The topological polar surface area (TPSA) is 35.2 Å². The lowest BCUT2D eigenvalue weighted by Gasteiger charge is -2.42. The van der Waals surface area contributed by atoms with Gasteiger partial charge in [-0.1, -0.05) is 37.3 Å². The Morgan fingerprint density at radius 2 is 2.04 bits per heavy atom. The highest BCUT2D eigenvalue weighted by atomic mass is 15.2. The van der Waals surface area contributed by atoms with E-state index >= 15 is 0 Å². The number of likely N-dealkylation sites (N-methyl/N-ethyl adjacent to an activating group) is 1. The molecule has 0 amide bonds. The maximum Gasteiger partial charge on any atom is 0.139 e. The first-order valence-electron chi connectivity index (χ1n) is 9.13. The lowest BCUT2D eigenvalue weighted by atomic mass is 9.91. The van der Waals surface area contributed by atoms with E-state index in [-0.39, 0.29) is 0 Å². The fraction of sp³-hybridized carbons (Fsp3) is 0.381. The van der Waals surface area contributed by atoms with Gasteiger partial charge in [-0.2, -0.15) is 0 Å². The predicted molar refractivity (Wildman–Crippen MR) is 104 cm³/mol. The van der Waals surface area contributed by atoms with Crippen LogP contribution in [0.4, 0.5) is 5.69 Å². The molecule has 4 rings (SSSR count). The summed E-state index contributed by atoms with van der Waals surface area (Å²) in [5.74, 6) is 0.680. The number of anilines is 1. The van der Waals surface area contributed by atoms with E-state index in [0.717, 1.165) is 18.7 Å². The Balaban J connectivity index is 1.54. The van der Waals surface area contributed by atoms with Gasteiger partial charge in [-0.05, 0) is 36.6 Å². The van der Waals surface area contributed by atoms with Crippen LogP contribution in [-0.4, -0.2) is 41.0 Å². The quantitative estimate of drug-likeness (QED) is 0.786. The summed E-state index contributed by atoms with van der Waals surface area (Å²) in [4.78, 5) is 12.7. The minimum Gasteiger partial charge on any atom is -0.369 e. The molecule has 3 aromatic rings. The standard InChI is InChI=1S/C21H26N4/c1-16-10-13-25(14-17-6-4-3-5-7-17)15-20(16)24(2)19-9-12-23-21-18(19)8-11-22-21/h3-9,11-12,16,20H,10,13-15H2,1-2H3,(H,22,23)/t16-,20?/m1/s1. The molecule has 25 heavy (non-hydrogen) atoms. The average Bonchev–Trinajstić information content (AvgIpc) is 3.12. The van der Waals surface area contributed by atoms with Gasteiger partial charge in [-0.15, -0.1) is 0 Å². The van der Waals surface area contributed by atoms with Crippen LogP contribution in [0.3, 0.4) is 0 Å². The number of H-pyrrole nitrogens is 1. The fourth-order valence-electron chi connectivity index (χ4n) is 4.04. The molecule has 0 bridgehead atoms. The van der Waals surface area contributed by atoms with Gasteiger partial charge in [-0.25, -0.2) is 4.98 Å². The summed E-state index contributed by atoms with van der Waals surface area (Å²) in [5.41, 5.74) is 3.63. The first kappa shape index (κ1) is 16.2. The van der Waals surface area contributed by atoms with Crippen molar-refractivity contribution in [3.8, 4) is 0 Å². The van der Waals surface area contributed by atoms with E-state index in [9.17, 15) is 0 Å². The number of benzene rings is 1. The molecule has 4 heteroatoms. The number of hydrogen-bond donors (Lipinski definition) is 1. The number of piperidine rings is 1. The van der Waals surface area contributed by atoms with Gasteiger partial charge < -0.3 is 9.88 Å². The number of likely N-dealkylation sites (tertiary alicyclic amines) is 1. The summed E-state index contributed by atoms with van der Waals surface area (Å²) in [6, 6.07) is 15.6. The lowest BCUT2D eigenvalue weighted by molar-refractivity contribution is 0.159. The predicted octanol–water partition coefficient (Wildman–Crippen LogP) is 3.91. The molecule has 1 unspecified atom stereocenters. The molecule has 0 radical (unpaired) electrons. The maximum absolute atomic E-state index is 4.43. The van der Waals surface area contributed by atoms with Crippen molar-refractivity contribution >= 4 is 16.7 Å². The number of hydrogen-bond acceptors (Lipinski definition) is 3. The molecule has 1 saturated heterocycles. The zero-order valence-electron chi connectivity index (χ0n) is 15.0. The Morgan fingerprint density at radius 3 is 2.88 bits per heavy atom. The Hall–Kier alpha value is -2.33. The Bertz CT molecular complexity index is 826. The fourth-order valence-corrected chi connectivity index (χ4v) is 4.04. The molecule has 2 aromatic heterocycles. The molecule has 1 aliphatic heterocycles. The third-order valence-electron chi connectivity index (χ3n) is 5.57. The number of nitrogens with one attached hydrogen (secondary N) is 1. The molecule has 0 spiro atoms. The van der Waals surface area contributed by atoms with E-state index in [0.29, 0.717) is 12.0 Å². The van der Waals surface area contributed by atoms with Crippen molar-refractivity contribution in [1.82, 2.24) is 14.9 Å². The van der Waals surface area contributed by atoms with Crippen molar-refractivity contribution < 1.29 is 0 Å². The minimum atomic E-state index is 0.512. The van der Waals surface area contributed by atoms with E-state index in [1.165, 1.54) is 29.6 Å². The van der Waals surface area contributed by atoms with Gasteiger partial charge in [0, 0.05) is 49.6 Å². The van der Waals surface area contributed by atoms with Crippen LogP contribution in [0.5, 0.6) is 0 Å². The van der Waals surface area contributed by atoms with Crippen LogP contribution in [0.15, 0.2) is 54.9 Å². The highest BCUT2D eigenvalue weighted by Gasteiger charge is 2.30. The van der Waals surface area contributed by atoms with Crippen molar-refractivity contribution in [1.29, 1.82) is 0 Å². The molecule has 4 nitrogen and oxygen atoms in total. The highest BCUT2D eigenvalue weighted by Crippen LogP contribution is 2.30.